The summed E-state index contributed by atoms with van der Waals surface area (Å²) < 4.78 is 10.5. The number of urea groups is 1. The molecule has 1 heterocycles. The van der Waals surface area contributed by atoms with Gasteiger partial charge in [0, 0.05) is 19.6 Å². The van der Waals surface area contributed by atoms with Crippen molar-refractivity contribution in [1.82, 2.24) is 15.5 Å². The zero-order valence-corrected chi connectivity index (χ0v) is 17.5. The molecule has 0 saturated carbocycles. The largest absolute Gasteiger partial charge is 0.493 e. The van der Waals surface area contributed by atoms with Crippen LogP contribution in [0.3, 0.4) is 0 Å². The number of methoxy groups -OCH3 is 2. The number of carbonyl (C=O) groups is 2. The maximum atomic E-state index is 13.1. The van der Waals surface area contributed by atoms with Gasteiger partial charge in [0.15, 0.2) is 11.5 Å². The molecule has 0 unspecified atom stereocenters. The average molecular weight is 412 g/mol. The molecule has 0 aliphatic carbocycles. The van der Waals surface area contributed by atoms with E-state index in [-0.39, 0.29) is 5.91 Å². The number of nitrogens with one attached hydrogen (secondary N) is 2. The Morgan fingerprint density at radius 3 is 2.33 bits per heavy atom. The Morgan fingerprint density at radius 1 is 0.967 bits per heavy atom. The number of carbonyl (C=O) groups excluding carboxylic acids is 2. The number of hydrogen-bond acceptors (Lipinski definition) is 4. The fourth-order valence-corrected chi connectivity index (χ4v) is 3.59. The van der Waals surface area contributed by atoms with Crippen LogP contribution in [0, 0.1) is 0 Å². The van der Waals surface area contributed by atoms with Crippen LogP contribution in [0.2, 0.25) is 0 Å². The lowest BCUT2D eigenvalue weighted by Crippen LogP contribution is -2.47. The van der Waals surface area contributed by atoms with Crippen LogP contribution in [0.25, 0.3) is 0 Å². The summed E-state index contributed by atoms with van der Waals surface area (Å²) in [7, 11) is 3.14. The first-order valence-electron chi connectivity index (χ1n) is 10.2. The molecule has 0 bridgehead atoms. The van der Waals surface area contributed by atoms with Crippen molar-refractivity contribution in [2.45, 2.75) is 31.8 Å². The van der Waals surface area contributed by atoms with Crippen molar-refractivity contribution < 1.29 is 19.1 Å². The van der Waals surface area contributed by atoms with Gasteiger partial charge in [0.2, 0.25) is 5.91 Å². The Kier molecular flexibility index (Phi) is 7.54. The summed E-state index contributed by atoms with van der Waals surface area (Å²) in [6.45, 7) is 1.76. The van der Waals surface area contributed by atoms with Crippen LogP contribution in [0.5, 0.6) is 11.5 Å². The van der Waals surface area contributed by atoms with Crippen LogP contribution in [-0.2, 0) is 11.3 Å². The minimum Gasteiger partial charge on any atom is -0.493 e. The first-order chi connectivity index (χ1) is 14.6. The number of amides is 3. The Labute approximate surface area is 177 Å². The Hall–Kier alpha value is -3.22. The van der Waals surface area contributed by atoms with Crippen LogP contribution >= 0.6 is 0 Å². The normalized spacial score (nSPS) is 14.5. The zero-order valence-electron chi connectivity index (χ0n) is 17.5. The van der Waals surface area contributed by atoms with Gasteiger partial charge in [-0.05, 0) is 42.5 Å². The third-order valence-corrected chi connectivity index (χ3v) is 5.22. The molecule has 1 aliphatic heterocycles. The van der Waals surface area contributed by atoms with E-state index in [1.54, 1.807) is 20.3 Å². The number of likely N-dealkylation sites (tertiary alicyclic amines) is 1. The van der Waals surface area contributed by atoms with Crippen LogP contribution < -0.4 is 20.1 Å². The second-order valence-corrected chi connectivity index (χ2v) is 7.25. The van der Waals surface area contributed by atoms with E-state index < -0.39 is 12.1 Å². The highest BCUT2D eigenvalue weighted by molar-refractivity contribution is 5.88. The molecule has 1 atom stereocenters. The minimum absolute atomic E-state index is 0.0674. The topological polar surface area (TPSA) is 79.9 Å². The summed E-state index contributed by atoms with van der Waals surface area (Å²) >= 11 is 0. The van der Waals surface area contributed by atoms with E-state index in [1.807, 2.05) is 47.4 Å². The van der Waals surface area contributed by atoms with Crippen molar-refractivity contribution in [2.75, 3.05) is 27.3 Å². The molecule has 0 radical (unpaired) electrons. The molecule has 2 aromatic rings. The van der Waals surface area contributed by atoms with Crippen LogP contribution in [0.15, 0.2) is 48.5 Å². The highest BCUT2D eigenvalue weighted by Crippen LogP contribution is 2.27. The van der Waals surface area contributed by atoms with Crippen molar-refractivity contribution in [3.63, 3.8) is 0 Å². The number of rotatable bonds is 7. The van der Waals surface area contributed by atoms with E-state index in [1.165, 1.54) is 0 Å². The van der Waals surface area contributed by atoms with Gasteiger partial charge >= 0.3 is 6.03 Å². The third-order valence-electron chi connectivity index (χ3n) is 5.22. The quantitative estimate of drug-likeness (QED) is 0.733. The highest BCUT2D eigenvalue weighted by atomic mass is 16.5. The molecule has 7 nitrogen and oxygen atoms in total. The summed E-state index contributed by atoms with van der Waals surface area (Å²) in [6.07, 6.45) is 3.14. The van der Waals surface area contributed by atoms with Crippen LogP contribution in [0.4, 0.5) is 4.79 Å². The fourth-order valence-electron chi connectivity index (χ4n) is 3.59. The van der Waals surface area contributed by atoms with Gasteiger partial charge < -0.3 is 25.0 Å². The van der Waals surface area contributed by atoms with E-state index in [2.05, 4.69) is 10.6 Å². The first kappa shape index (κ1) is 21.5. The molecule has 2 N–H and O–H groups in total. The SMILES string of the molecule is COc1ccc(CNC(=O)N[C@H](C(=O)N2CCCCC2)c2ccccc2)cc1OC. The van der Waals surface area contributed by atoms with Gasteiger partial charge in [-0.1, -0.05) is 36.4 Å². The van der Waals surface area contributed by atoms with Crippen molar-refractivity contribution >= 4 is 11.9 Å². The van der Waals surface area contributed by atoms with Gasteiger partial charge in [-0.2, -0.15) is 0 Å². The maximum absolute atomic E-state index is 13.1. The molecule has 3 rings (SSSR count). The predicted molar refractivity (Wildman–Crippen MR) is 115 cm³/mol. The summed E-state index contributed by atoms with van der Waals surface area (Å²) in [6, 6.07) is 13.7. The molecule has 0 aromatic heterocycles. The van der Waals surface area contributed by atoms with E-state index >= 15 is 0 Å². The molecule has 0 spiro atoms. The molecule has 160 valence electrons. The highest BCUT2D eigenvalue weighted by Gasteiger charge is 2.28. The fraction of sp³-hybridized carbons (Fsp3) is 0.391. The van der Waals surface area contributed by atoms with Gasteiger partial charge in [-0.3, -0.25) is 4.79 Å². The Morgan fingerprint density at radius 2 is 1.67 bits per heavy atom. The van der Waals surface area contributed by atoms with Crippen molar-refractivity contribution in [2.24, 2.45) is 0 Å². The lowest BCUT2D eigenvalue weighted by Gasteiger charge is -2.31. The summed E-state index contributed by atoms with van der Waals surface area (Å²) in [5.74, 6) is 1.16. The van der Waals surface area contributed by atoms with Crippen LogP contribution in [-0.4, -0.2) is 44.1 Å². The van der Waals surface area contributed by atoms with E-state index in [4.69, 9.17) is 9.47 Å². The zero-order chi connectivity index (χ0) is 21.3. The van der Waals surface area contributed by atoms with Crippen molar-refractivity contribution in [3.8, 4) is 11.5 Å². The molecule has 7 heteroatoms. The summed E-state index contributed by atoms with van der Waals surface area (Å²) in [5.41, 5.74) is 1.63. The number of nitrogens with zero attached hydrogens (tertiary/aromatic N) is 1. The Balaban J connectivity index is 1.66. The van der Waals surface area contributed by atoms with Crippen LogP contribution in [0.1, 0.15) is 36.4 Å². The first-order valence-corrected chi connectivity index (χ1v) is 10.2. The monoisotopic (exact) mass is 411 g/mol. The van der Waals surface area contributed by atoms with E-state index in [9.17, 15) is 9.59 Å². The lowest BCUT2D eigenvalue weighted by atomic mass is 10.0. The van der Waals surface area contributed by atoms with Gasteiger partial charge in [-0.15, -0.1) is 0 Å². The molecule has 1 saturated heterocycles. The summed E-state index contributed by atoms with van der Waals surface area (Å²) in [4.78, 5) is 27.6. The summed E-state index contributed by atoms with van der Waals surface area (Å²) in [5, 5.41) is 5.68. The average Bonchev–Trinajstić information content (AvgIpc) is 2.81. The van der Waals surface area contributed by atoms with Gasteiger partial charge in [0.05, 0.1) is 14.2 Å². The van der Waals surface area contributed by atoms with Crippen molar-refractivity contribution in [1.29, 1.82) is 0 Å². The number of ether oxygens (including phenoxy) is 2. The second-order valence-electron chi connectivity index (χ2n) is 7.25. The molecular formula is C23H29N3O4. The second kappa shape index (κ2) is 10.5. The standard InChI is InChI=1S/C23H29N3O4/c1-29-19-12-11-17(15-20(19)30-2)16-24-23(28)25-21(18-9-5-3-6-10-18)22(27)26-13-7-4-8-14-26/h3,5-6,9-12,15,21H,4,7-8,13-14,16H2,1-2H3,(H2,24,25,28)/t21-/m0/s1. The molecule has 2 aromatic carbocycles. The molecule has 1 fully saturated rings. The third kappa shape index (κ3) is 5.43. The predicted octanol–water partition coefficient (Wildman–Crippen LogP) is 3.26. The van der Waals surface area contributed by atoms with E-state index in [0.29, 0.717) is 18.0 Å². The van der Waals surface area contributed by atoms with Gasteiger partial charge in [0.1, 0.15) is 6.04 Å². The minimum atomic E-state index is -0.713. The number of benzene rings is 2. The van der Waals surface area contributed by atoms with Gasteiger partial charge in [0.25, 0.3) is 0 Å². The maximum Gasteiger partial charge on any atom is 0.315 e. The smallest absolute Gasteiger partial charge is 0.315 e. The molecule has 1 aliphatic rings. The molecular weight excluding hydrogens is 382 g/mol. The van der Waals surface area contributed by atoms with Crippen molar-refractivity contribution in [3.05, 3.63) is 59.7 Å². The molecule has 3 amide bonds. The number of piperidine rings is 1. The lowest BCUT2D eigenvalue weighted by molar-refractivity contribution is -0.134. The Bertz CT molecular complexity index is 851. The molecule has 30 heavy (non-hydrogen) atoms. The van der Waals surface area contributed by atoms with Gasteiger partial charge in [-0.25, -0.2) is 4.79 Å². The van der Waals surface area contributed by atoms with E-state index in [0.717, 1.165) is 43.5 Å². The number of hydrogen-bond donors (Lipinski definition) is 2.